The van der Waals surface area contributed by atoms with Gasteiger partial charge in [-0.1, -0.05) is 6.07 Å². The number of anilines is 2. The van der Waals surface area contributed by atoms with Gasteiger partial charge in [0, 0.05) is 0 Å². The van der Waals surface area contributed by atoms with Gasteiger partial charge in [-0.25, -0.2) is 15.0 Å². The van der Waals surface area contributed by atoms with E-state index < -0.39 is 11.9 Å². The van der Waals surface area contributed by atoms with Crippen LogP contribution < -0.4 is 5.32 Å². The first-order valence-corrected chi connectivity index (χ1v) is 6.06. The highest BCUT2D eigenvalue weighted by Crippen LogP contribution is 2.28. The fourth-order valence-corrected chi connectivity index (χ4v) is 1.88. The van der Waals surface area contributed by atoms with E-state index in [4.69, 9.17) is 0 Å². The molecule has 0 amide bonds. The number of rotatable bonds is 2. The van der Waals surface area contributed by atoms with Crippen molar-refractivity contribution in [2.75, 3.05) is 5.32 Å². The van der Waals surface area contributed by atoms with Crippen molar-refractivity contribution in [2.45, 2.75) is 13.1 Å². The van der Waals surface area contributed by atoms with Crippen molar-refractivity contribution in [3.8, 4) is 0 Å². The third-order valence-electron chi connectivity index (χ3n) is 2.76. The first-order chi connectivity index (χ1) is 9.91. The van der Waals surface area contributed by atoms with Crippen molar-refractivity contribution >= 4 is 22.8 Å². The van der Waals surface area contributed by atoms with Gasteiger partial charge in [-0.3, -0.25) is 0 Å². The number of fused-ring (bicyclic) bond motifs is 1. The Morgan fingerprint density at radius 3 is 2.52 bits per heavy atom. The Morgan fingerprint density at radius 1 is 1.00 bits per heavy atom. The molecule has 3 aromatic rings. The molecule has 108 valence electrons. The molecule has 0 aliphatic heterocycles. The molecule has 5 nitrogen and oxygen atoms in total. The van der Waals surface area contributed by atoms with Crippen molar-refractivity contribution < 1.29 is 13.2 Å². The van der Waals surface area contributed by atoms with Crippen molar-refractivity contribution in [3.63, 3.8) is 0 Å². The molecule has 3 heterocycles. The van der Waals surface area contributed by atoms with Crippen molar-refractivity contribution in [3.05, 3.63) is 41.9 Å². The summed E-state index contributed by atoms with van der Waals surface area (Å²) in [7, 11) is 0. The average molecular weight is 293 g/mol. The van der Waals surface area contributed by atoms with Gasteiger partial charge in [0.1, 0.15) is 23.2 Å². The Labute approximate surface area is 117 Å². The third-order valence-corrected chi connectivity index (χ3v) is 2.76. The van der Waals surface area contributed by atoms with Crippen LogP contribution in [0.25, 0.3) is 11.2 Å². The highest BCUT2D eigenvalue weighted by molar-refractivity contribution is 5.73. The Hall–Kier alpha value is -2.64. The topological polar surface area (TPSA) is 66.5 Å². The first kappa shape index (κ1) is 13.3. The highest BCUT2D eigenvalue weighted by Gasteiger charge is 2.32. The van der Waals surface area contributed by atoms with Crippen LogP contribution in [0.4, 0.5) is 24.8 Å². The number of nitrogens with zero attached hydrogens (tertiary/aromatic N) is 3. The smallest absolute Gasteiger partial charge is 0.341 e. The number of aryl methyl sites for hydroxylation is 1. The molecule has 0 saturated carbocycles. The summed E-state index contributed by atoms with van der Waals surface area (Å²) >= 11 is 0. The predicted molar refractivity (Wildman–Crippen MR) is 71.1 cm³/mol. The van der Waals surface area contributed by atoms with E-state index in [9.17, 15) is 13.2 Å². The molecule has 0 unspecified atom stereocenters. The molecule has 21 heavy (non-hydrogen) atoms. The lowest BCUT2D eigenvalue weighted by molar-refractivity contribution is -0.141. The molecule has 0 bridgehead atoms. The fraction of sp³-hybridized carbons (Fsp3) is 0.154. The Balaban J connectivity index is 1.91. The molecule has 0 spiro atoms. The van der Waals surface area contributed by atoms with Crippen LogP contribution in [-0.4, -0.2) is 19.9 Å². The minimum atomic E-state index is -4.48. The molecule has 8 heteroatoms. The lowest BCUT2D eigenvalue weighted by Gasteiger charge is -2.08. The Bertz CT molecular complexity index is 794. The molecule has 3 rings (SSSR count). The summed E-state index contributed by atoms with van der Waals surface area (Å²) in [6, 6.07) is 7.03. The van der Waals surface area contributed by atoms with Crippen LogP contribution in [0, 0.1) is 6.92 Å². The number of halogens is 3. The second-order valence-corrected chi connectivity index (χ2v) is 4.42. The third kappa shape index (κ3) is 2.78. The minimum absolute atomic E-state index is 0.0731. The molecule has 2 N–H and O–H groups in total. The SMILES string of the molecule is Cc1nc2nc(Nc3cccc(C(F)(F)F)n3)ccc2[nH]1. The van der Waals surface area contributed by atoms with Crippen LogP contribution in [0.5, 0.6) is 0 Å². The number of aromatic nitrogens is 4. The maximum atomic E-state index is 12.6. The summed E-state index contributed by atoms with van der Waals surface area (Å²) in [5, 5.41) is 2.74. The van der Waals surface area contributed by atoms with Crippen molar-refractivity contribution in [1.29, 1.82) is 0 Å². The average Bonchev–Trinajstić information content (AvgIpc) is 2.77. The largest absolute Gasteiger partial charge is 0.433 e. The molecule has 3 aromatic heterocycles. The summed E-state index contributed by atoms with van der Waals surface area (Å²) in [4.78, 5) is 14.9. The normalized spacial score (nSPS) is 11.8. The maximum absolute atomic E-state index is 12.6. The second kappa shape index (κ2) is 4.72. The zero-order valence-electron chi connectivity index (χ0n) is 10.9. The summed E-state index contributed by atoms with van der Waals surface area (Å²) < 4.78 is 37.8. The van der Waals surface area contributed by atoms with E-state index in [1.165, 1.54) is 12.1 Å². The van der Waals surface area contributed by atoms with Crippen LogP contribution in [0.2, 0.25) is 0 Å². The van der Waals surface area contributed by atoms with Gasteiger partial charge >= 0.3 is 6.18 Å². The number of alkyl halides is 3. The number of imidazole rings is 1. The predicted octanol–water partition coefficient (Wildman–Crippen LogP) is 3.42. The Kier molecular flexibility index (Phi) is 3.00. The molecule has 0 radical (unpaired) electrons. The van der Waals surface area contributed by atoms with Gasteiger partial charge < -0.3 is 10.3 Å². The summed E-state index contributed by atoms with van der Waals surface area (Å²) in [5.74, 6) is 1.16. The van der Waals surface area contributed by atoms with Gasteiger partial charge in [0.15, 0.2) is 5.65 Å². The molecule has 0 aliphatic rings. The van der Waals surface area contributed by atoms with Gasteiger partial charge in [0.2, 0.25) is 0 Å². The molecule has 0 aliphatic carbocycles. The molecule has 0 saturated heterocycles. The zero-order chi connectivity index (χ0) is 15.0. The summed E-state index contributed by atoms with van der Waals surface area (Å²) in [6.45, 7) is 1.79. The van der Waals surface area contributed by atoms with E-state index in [1.807, 2.05) is 0 Å². The number of pyridine rings is 2. The maximum Gasteiger partial charge on any atom is 0.433 e. The summed E-state index contributed by atoms with van der Waals surface area (Å²) in [5.41, 5.74) is 0.295. The summed E-state index contributed by atoms with van der Waals surface area (Å²) in [6.07, 6.45) is -4.48. The van der Waals surface area contributed by atoms with Gasteiger partial charge in [-0.2, -0.15) is 13.2 Å². The first-order valence-electron chi connectivity index (χ1n) is 6.06. The van der Waals surface area contributed by atoms with Crippen LogP contribution in [-0.2, 0) is 6.18 Å². The second-order valence-electron chi connectivity index (χ2n) is 4.42. The van der Waals surface area contributed by atoms with Crippen LogP contribution in [0.1, 0.15) is 11.5 Å². The number of hydrogen-bond donors (Lipinski definition) is 2. The lowest BCUT2D eigenvalue weighted by Crippen LogP contribution is -2.09. The van der Waals surface area contributed by atoms with E-state index in [-0.39, 0.29) is 5.82 Å². The molecule has 0 aromatic carbocycles. The van der Waals surface area contributed by atoms with E-state index in [0.29, 0.717) is 17.3 Å². The minimum Gasteiger partial charge on any atom is -0.341 e. The van der Waals surface area contributed by atoms with Crippen LogP contribution >= 0.6 is 0 Å². The van der Waals surface area contributed by atoms with E-state index >= 15 is 0 Å². The molecular formula is C13H10F3N5. The number of aromatic amines is 1. The highest BCUT2D eigenvalue weighted by atomic mass is 19.4. The fourth-order valence-electron chi connectivity index (χ4n) is 1.88. The number of H-pyrrole nitrogens is 1. The molecule has 0 fully saturated rings. The van der Waals surface area contributed by atoms with Crippen LogP contribution in [0.3, 0.4) is 0 Å². The monoisotopic (exact) mass is 293 g/mol. The number of nitrogens with one attached hydrogen (secondary N) is 2. The van der Waals surface area contributed by atoms with E-state index in [2.05, 4.69) is 25.3 Å². The zero-order valence-corrected chi connectivity index (χ0v) is 10.9. The van der Waals surface area contributed by atoms with Gasteiger partial charge in [0.05, 0.1) is 5.52 Å². The standard InChI is InChI=1S/C13H10F3N5/c1-7-17-8-5-6-11(21-12(8)18-7)20-10-4-2-3-9(19-10)13(14,15)16/h2-6H,1H3,(H2,17,18,19,20,21). The molecular weight excluding hydrogens is 283 g/mol. The van der Waals surface area contributed by atoms with E-state index in [1.54, 1.807) is 19.1 Å². The van der Waals surface area contributed by atoms with Gasteiger partial charge in [-0.05, 0) is 31.2 Å². The van der Waals surface area contributed by atoms with Crippen molar-refractivity contribution in [1.82, 2.24) is 19.9 Å². The van der Waals surface area contributed by atoms with Crippen LogP contribution in [0.15, 0.2) is 30.3 Å². The number of hydrogen-bond acceptors (Lipinski definition) is 4. The van der Waals surface area contributed by atoms with Gasteiger partial charge in [0.25, 0.3) is 0 Å². The Morgan fingerprint density at radius 2 is 1.76 bits per heavy atom. The van der Waals surface area contributed by atoms with Gasteiger partial charge in [-0.15, -0.1) is 0 Å². The molecule has 0 atom stereocenters. The lowest BCUT2D eigenvalue weighted by atomic mass is 10.3. The van der Waals surface area contributed by atoms with E-state index in [0.717, 1.165) is 11.6 Å². The quantitative estimate of drug-likeness (QED) is 0.759. The van der Waals surface area contributed by atoms with Crippen molar-refractivity contribution in [2.24, 2.45) is 0 Å².